The highest BCUT2D eigenvalue weighted by Gasteiger charge is 2.19. The SMILES string of the molecule is COc1ccc(C(=O)Nc2nc(-c3ccc(C)c([N+](=O)[O-])c3)cs2)cc1[N+](=O)[O-]. The molecule has 3 aromatic rings. The largest absolute Gasteiger partial charge is 0.490 e. The molecule has 1 N–H and O–H groups in total. The molecule has 11 heteroatoms. The van der Waals surface area contributed by atoms with Gasteiger partial charge in [0.2, 0.25) is 0 Å². The summed E-state index contributed by atoms with van der Waals surface area (Å²) in [4.78, 5) is 37.8. The van der Waals surface area contributed by atoms with Crippen molar-refractivity contribution in [2.24, 2.45) is 0 Å². The zero-order chi connectivity index (χ0) is 21.1. The Labute approximate surface area is 168 Å². The van der Waals surface area contributed by atoms with E-state index >= 15 is 0 Å². The maximum absolute atomic E-state index is 12.4. The second kappa shape index (κ2) is 8.02. The van der Waals surface area contributed by atoms with Crippen molar-refractivity contribution in [2.45, 2.75) is 6.92 Å². The second-order valence-corrected chi connectivity index (χ2v) is 6.75. The molecular weight excluding hydrogens is 400 g/mol. The molecule has 1 heterocycles. The van der Waals surface area contributed by atoms with Gasteiger partial charge in [0.05, 0.1) is 22.7 Å². The van der Waals surface area contributed by atoms with Gasteiger partial charge in [-0.3, -0.25) is 30.3 Å². The number of aromatic nitrogens is 1. The van der Waals surface area contributed by atoms with Gasteiger partial charge in [-0.15, -0.1) is 11.3 Å². The molecule has 29 heavy (non-hydrogen) atoms. The zero-order valence-corrected chi connectivity index (χ0v) is 16.1. The highest BCUT2D eigenvalue weighted by atomic mass is 32.1. The highest BCUT2D eigenvalue weighted by Crippen LogP contribution is 2.31. The molecule has 3 rings (SSSR count). The van der Waals surface area contributed by atoms with Crippen molar-refractivity contribution in [2.75, 3.05) is 12.4 Å². The summed E-state index contributed by atoms with van der Waals surface area (Å²) in [6.07, 6.45) is 0. The first kappa shape index (κ1) is 19.9. The molecule has 2 aromatic carbocycles. The smallest absolute Gasteiger partial charge is 0.311 e. The van der Waals surface area contributed by atoms with Crippen molar-refractivity contribution >= 4 is 33.8 Å². The number of carbonyl (C=O) groups excluding carboxylic acids is 1. The normalized spacial score (nSPS) is 10.4. The molecule has 0 saturated heterocycles. The number of hydrogen-bond donors (Lipinski definition) is 1. The van der Waals surface area contributed by atoms with Gasteiger partial charge in [-0.1, -0.05) is 12.1 Å². The highest BCUT2D eigenvalue weighted by molar-refractivity contribution is 7.14. The number of anilines is 1. The zero-order valence-electron chi connectivity index (χ0n) is 15.2. The minimum atomic E-state index is -0.637. The van der Waals surface area contributed by atoms with Crippen molar-refractivity contribution in [3.63, 3.8) is 0 Å². The summed E-state index contributed by atoms with van der Waals surface area (Å²) in [6, 6.07) is 8.61. The molecule has 0 unspecified atom stereocenters. The van der Waals surface area contributed by atoms with Crippen LogP contribution in [0, 0.1) is 27.2 Å². The average Bonchev–Trinajstić information content (AvgIpc) is 3.15. The molecule has 10 nitrogen and oxygen atoms in total. The van der Waals surface area contributed by atoms with Gasteiger partial charge in [0.15, 0.2) is 10.9 Å². The number of hydrogen-bond acceptors (Lipinski definition) is 8. The lowest BCUT2D eigenvalue weighted by Gasteiger charge is -2.05. The number of nitro groups is 2. The standard InChI is InChI=1S/C18H14N4O6S/c1-10-3-4-11(7-14(10)21(24)25)13-9-29-18(19-13)20-17(23)12-5-6-16(28-2)15(8-12)22(26)27/h3-9H,1-2H3,(H,19,20,23). The molecule has 0 atom stereocenters. The summed E-state index contributed by atoms with van der Waals surface area (Å²) in [5, 5.41) is 26.7. The van der Waals surface area contributed by atoms with Crippen LogP contribution in [0.15, 0.2) is 41.8 Å². The molecule has 0 saturated carbocycles. The number of nitrogens with zero attached hydrogens (tertiary/aromatic N) is 3. The lowest BCUT2D eigenvalue weighted by Crippen LogP contribution is -2.12. The molecule has 0 aliphatic rings. The van der Waals surface area contributed by atoms with E-state index in [1.54, 1.807) is 24.4 Å². The van der Waals surface area contributed by atoms with Gasteiger partial charge in [-0.25, -0.2) is 4.98 Å². The number of benzene rings is 2. The number of thiazole rings is 1. The average molecular weight is 414 g/mol. The Kier molecular flexibility index (Phi) is 5.50. The quantitative estimate of drug-likeness (QED) is 0.471. The number of nitrogens with one attached hydrogen (secondary N) is 1. The number of methoxy groups -OCH3 is 1. The molecule has 0 aliphatic heterocycles. The number of aryl methyl sites for hydroxylation is 1. The first-order valence-electron chi connectivity index (χ1n) is 8.15. The molecular formula is C18H14N4O6S. The molecule has 148 valence electrons. The topological polar surface area (TPSA) is 138 Å². The summed E-state index contributed by atoms with van der Waals surface area (Å²) in [7, 11) is 1.30. The summed E-state index contributed by atoms with van der Waals surface area (Å²) in [5.41, 5.74) is 1.26. The van der Waals surface area contributed by atoms with Crippen LogP contribution < -0.4 is 10.1 Å². The van der Waals surface area contributed by atoms with E-state index in [0.717, 1.165) is 17.4 Å². The summed E-state index contributed by atoms with van der Waals surface area (Å²) in [6.45, 7) is 1.64. The van der Waals surface area contributed by atoms with Crippen LogP contribution in [0.2, 0.25) is 0 Å². The second-order valence-electron chi connectivity index (χ2n) is 5.89. The Balaban J connectivity index is 1.83. The van der Waals surface area contributed by atoms with Crippen LogP contribution in [-0.4, -0.2) is 27.8 Å². The molecule has 1 aromatic heterocycles. The number of rotatable bonds is 6. The lowest BCUT2D eigenvalue weighted by atomic mass is 10.1. The molecule has 0 fully saturated rings. The summed E-state index contributed by atoms with van der Waals surface area (Å²) < 4.78 is 4.92. The van der Waals surface area contributed by atoms with E-state index in [2.05, 4.69) is 10.3 Å². The van der Waals surface area contributed by atoms with E-state index < -0.39 is 15.8 Å². The molecule has 1 amide bonds. The van der Waals surface area contributed by atoms with Crippen LogP contribution >= 0.6 is 11.3 Å². The molecule has 0 bridgehead atoms. The Bertz CT molecular complexity index is 1130. The maximum Gasteiger partial charge on any atom is 0.311 e. The van der Waals surface area contributed by atoms with Gasteiger partial charge in [0.25, 0.3) is 11.6 Å². The fourth-order valence-corrected chi connectivity index (χ4v) is 3.29. The van der Waals surface area contributed by atoms with Crippen LogP contribution in [0.1, 0.15) is 15.9 Å². The van der Waals surface area contributed by atoms with E-state index in [1.165, 1.54) is 25.3 Å². The number of carbonyl (C=O) groups is 1. The Morgan fingerprint density at radius 1 is 1.10 bits per heavy atom. The van der Waals surface area contributed by atoms with Crippen LogP contribution in [0.3, 0.4) is 0 Å². The van der Waals surface area contributed by atoms with Crippen molar-refractivity contribution in [1.29, 1.82) is 0 Å². The number of ether oxygens (including phenoxy) is 1. The monoisotopic (exact) mass is 414 g/mol. The van der Waals surface area contributed by atoms with Crippen LogP contribution in [-0.2, 0) is 0 Å². The van der Waals surface area contributed by atoms with Crippen LogP contribution in [0.25, 0.3) is 11.3 Å². The van der Waals surface area contributed by atoms with E-state index in [0.29, 0.717) is 16.8 Å². The van der Waals surface area contributed by atoms with Gasteiger partial charge in [0.1, 0.15) is 0 Å². The van der Waals surface area contributed by atoms with Crippen LogP contribution in [0.5, 0.6) is 5.75 Å². The van der Waals surface area contributed by atoms with E-state index in [1.807, 2.05) is 0 Å². The number of amides is 1. The van der Waals surface area contributed by atoms with Gasteiger partial charge in [-0.2, -0.15) is 0 Å². The molecule has 0 spiro atoms. The predicted octanol–water partition coefficient (Wildman–Crippen LogP) is 4.20. The van der Waals surface area contributed by atoms with Crippen molar-refractivity contribution in [1.82, 2.24) is 4.98 Å². The van der Waals surface area contributed by atoms with E-state index in [-0.39, 0.29) is 27.8 Å². The first-order valence-corrected chi connectivity index (χ1v) is 9.03. The third-order valence-electron chi connectivity index (χ3n) is 4.06. The summed E-state index contributed by atoms with van der Waals surface area (Å²) >= 11 is 1.13. The fourth-order valence-electron chi connectivity index (χ4n) is 2.57. The van der Waals surface area contributed by atoms with Gasteiger partial charge < -0.3 is 4.74 Å². The van der Waals surface area contributed by atoms with Crippen molar-refractivity contribution < 1.29 is 19.4 Å². The third kappa shape index (κ3) is 4.19. The predicted molar refractivity (Wildman–Crippen MR) is 107 cm³/mol. The van der Waals surface area contributed by atoms with E-state index in [4.69, 9.17) is 4.74 Å². The Morgan fingerprint density at radius 3 is 2.48 bits per heavy atom. The molecule has 0 aliphatic carbocycles. The van der Waals surface area contributed by atoms with Crippen LogP contribution in [0.4, 0.5) is 16.5 Å². The van der Waals surface area contributed by atoms with Gasteiger partial charge in [-0.05, 0) is 19.1 Å². The number of nitro benzene ring substituents is 2. The minimum absolute atomic E-state index is 0.0216. The molecule has 0 radical (unpaired) electrons. The van der Waals surface area contributed by atoms with Crippen molar-refractivity contribution in [3.8, 4) is 17.0 Å². The third-order valence-corrected chi connectivity index (χ3v) is 4.82. The Hall–Kier alpha value is -3.86. The first-order chi connectivity index (χ1) is 13.8. The maximum atomic E-state index is 12.4. The minimum Gasteiger partial charge on any atom is -0.490 e. The van der Waals surface area contributed by atoms with Gasteiger partial charge >= 0.3 is 5.69 Å². The summed E-state index contributed by atoms with van der Waals surface area (Å²) in [5.74, 6) is -0.532. The Morgan fingerprint density at radius 2 is 1.83 bits per heavy atom. The van der Waals surface area contributed by atoms with Gasteiger partial charge in [0, 0.05) is 34.2 Å². The lowest BCUT2D eigenvalue weighted by molar-refractivity contribution is -0.385. The van der Waals surface area contributed by atoms with E-state index in [9.17, 15) is 25.0 Å². The fraction of sp³-hybridized carbons (Fsp3) is 0.111. The van der Waals surface area contributed by atoms with Crippen molar-refractivity contribution in [3.05, 3.63) is 73.1 Å².